The SMILES string of the molecule is O=C(O)c1ccc(C(F)(F)F)nc1N1CCCC1. The molecule has 0 aromatic carbocycles. The lowest BCUT2D eigenvalue weighted by atomic mass is 10.2. The fourth-order valence-corrected chi connectivity index (χ4v) is 1.94. The minimum Gasteiger partial charge on any atom is -0.478 e. The molecule has 1 aliphatic rings. The van der Waals surface area contributed by atoms with Crippen LogP contribution in [0.3, 0.4) is 0 Å². The van der Waals surface area contributed by atoms with Gasteiger partial charge in [0.2, 0.25) is 0 Å². The molecule has 2 heterocycles. The van der Waals surface area contributed by atoms with Crippen LogP contribution in [-0.2, 0) is 6.18 Å². The van der Waals surface area contributed by atoms with Crippen molar-refractivity contribution in [3.05, 3.63) is 23.4 Å². The van der Waals surface area contributed by atoms with Crippen molar-refractivity contribution in [3.63, 3.8) is 0 Å². The number of hydrogen-bond acceptors (Lipinski definition) is 3. The maximum absolute atomic E-state index is 12.6. The minimum absolute atomic E-state index is 0.0881. The third kappa shape index (κ3) is 2.39. The van der Waals surface area contributed by atoms with E-state index in [9.17, 15) is 18.0 Å². The van der Waals surface area contributed by atoms with E-state index in [2.05, 4.69) is 4.98 Å². The molecule has 0 saturated carbocycles. The lowest BCUT2D eigenvalue weighted by Gasteiger charge is -2.19. The Morgan fingerprint density at radius 1 is 1.28 bits per heavy atom. The number of aromatic nitrogens is 1. The predicted molar refractivity (Wildman–Crippen MR) is 57.6 cm³/mol. The van der Waals surface area contributed by atoms with Crippen LogP contribution in [0, 0.1) is 0 Å². The monoisotopic (exact) mass is 260 g/mol. The summed E-state index contributed by atoms with van der Waals surface area (Å²) < 4.78 is 37.7. The van der Waals surface area contributed by atoms with Gasteiger partial charge in [0.25, 0.3) is 0 Å². The van der Waals surface area contributed by atoms with Crippen molar-refractivity contribution in [2.45, 2.75) is 19.0 Å². The summed E-state index contributed by atoms with van der Waals surface area (Å²) >= 11 is 0. The summed E-state index contributed by atoms with van der Waals surface area (Å²) in [4.78, 5) is 16.0. The second-order valence-corrected chi connectivity index (χ2v) is 4.06. The first kappa shape index (κ1) is 12.7. The molecule has 0 unspecified atom stereocenters. The maximum Gasteiger partial charge on any atom is 0.433 e. The van der Waals surface area contributed by atoms with Crippen LogP contribution >= 0.6 is 0 Å². The number of halogens is 3. The summed E-state index contributed by atoms with van der Waals surface area (Å²) in [7, 11) is 0. The Hall–Kier alpha value is -1.79. The summed E-state index contributed by atoms with van der Waals surface area (Å²) in [6.45, 7) is 1.07. The zero-order valence-corrected chi connectivity index (χ0v) is 9.37. The van der Waals surface area contributed by atoms with Crippen molar-refractivity contribution < 1.29 is 23.1 Å². The van der Waals surface area contributed by atoms with Crippen LogP contribution in [0.1, 0.15) is 28.9 Å². The van der Waals surface area contributed by atoms with Crippen LogP contribution in [0.4, 0.5) is 19.0 Å². The molecule has 1 aliphatic heterocycles. The van der Waals surface area contributed by atoms with Crippen molar-refractivity contribution in [2.75, 3.05) is 18.0 Å². The van der Waals surface area contributed by atoms with Gasteiger partial charge in [0.15, 0.2) is 0 Å². The Kier molecular flexibility index (Phi) is 3.14. The number of carbonyl (C=O) groups is 1. The van der Waals surface area contributed by atoms with E-state index in [0.29, 0.717) is 19.2 Å². The Balaban J connectivity index is 2.47. The number of carboxylic acids is 1. The average Bonchev–Trinajstić information content (AvgIpc) is 2.80. The molecule has 1 aromatic rings. The topological polar surface area (TPSA) is 53.4 Å². The molecular formula is C11H11F3N2O2. The van der Waals surface area contributed by atoms with Crippen molar-refractivity contribution in [3.8, 4) is 0 Å². The van der Waals surface area contributed by atoms with E-state index in [-0.39, 0.29) is 11.4 Å². The average molecular weight is 260 g/mol. The number of aromatic carboxylic acids is 1. The third-order valence-electron chi connectivity index (χ3n) is 2.80. The lowest BCUT2D eigenvalue weighted by Crippen LogP contribution is -2.23. The van der Waals surface area contributed by atoms with Gasteiger partial charge in [-0.25, -0.2) is 9.78 Å². The molecule has 1 aromatic heterocycles. The van der Waals surface area contributed by atoms with E-state index in [1.807, 2.05) is 0 Å². The lowest BCUT2D eigenvalue weighted by molar-refractivity contribution is -0.141. The third-order valence-corrected chi connectivity index (χ3v) is 2.80. The van der Waals surface area contributed by atoms with Gasteiger partial charge in [-0.2, -0.15) is 13.2 Å². The molecule has 2 rings (SSSR count). The molecule has 4 nitrogen and oxygen atoms in total. The second-order valence-electron chi connectivity index (χ2n) is 4.06. The van der Waals surface area contributed by atoms with Crippen LogP contribution < -0.4 is 4.90 Å². The zero-order valence-electron chi connectivity index (χ0n) is 9.37. The van der Waals surface area contributed by atoms with Crippen molar-refractivity contribution in [1.29, 1.82) is 0 Å². The van der Waals surface area contributed by atoms with Gasteiger partial charge in [-0.3, -0.25) is 0 Å². The Morgan fingerprint density at radius 3 is 2.39 bits per heavy atom. The Bertz CT molecular complexity index is 468. The van der Waals surface area contributed by atoms with Crippen molar-refractivity contribution in [2.24, 2.45) is 0 Å². The number of pyridine rings is 1. The van der Waals surface area contributed by atoms with Gasteiger partial charge in [0.1, 0.15) is 17.1 Å². The summed E-state index contributed by atoms with van der Waals surface area (Å²) in [5.41, 5.74) is -1.25. The quantitative estimate of drug-likeness (QED) is 0.887. The summed E-state index contributed by atoms with van der Waals surface area (Å²) in [6, 6.07) is 1.66. The molecule has 0 bridgehead atoms. The number of carboxylic acid groups (broad SMARTS) is 1. The molecule has 0 amide bonds. The van der Waals surface area contributed by atoms with Gasteiger partial charge in [-0.1, -0.05) is 0 Å². The van der Waals surface area contributed by atoms with Gasteiger partial charge in [0.05, 0.1) is 0 Å². The highest BCUT2D eigenvalue weighted by Gasteiger charge is 2.34. The van der Waals surface area contributed by atoms with E-state index >= 15 is 0 Å². The van der Waals surface area contributed by atoms with E-state index in [0.717, 1.165) is 18.9 Å². The summed E-state index contributed by atoms with van der Waals surface area (Å²) in [6.07, 6.45) is -2.90. The standard InChI is InChI=1S/C11H11F3N2O2/c12-11(13,14)8-4-3-7(10(17)18)9(15-8)16-5-1-2-6-16/h3-4H,1-2,5-6H2,(H,17,18). The molecule has 98 valence electrons. The van der Waals surface area contributed by atoms with Gasteiger partial charge in [-0.05, 0) is 25.0 Å². The second kappa shape index (κ2) is 4.47. The molecular weight excluding hydrogens is 249 g/mol. The van der Waals surface area contributed by atoms with Crippen LogP contribution in [-0.4, -0.2) is 29.1 Å². The molecule has 0 atom stereocenters. The van der Waals surface area contributed by atoms with E-state index in [4.69, 9.17) is 5.11 Å². The van der Waals surface area contributed by atoms with Crippen molar-refractivity contribution >= 4 is 11.8 Å². The van der Waals surface area contributed by atoms with Crippen LogP contribution in [0.25, 0.3) is 0 Å². The van der Waals surface area contributed by atoms with Crippen LogP contribution in [0.2, 0.25) is 0 Å². The highest BCUT2D eigenvalue weighted by Crippen LogP contribution is 2.31. The number of alkyl halides is 3. The Morgan fingerprint density at radius 2 is 1.89 bits per heavy atom. The van der Waals surface area contributed by atoms with Crippen molar-refractivity contribution in [1.82, 2.24) is 4.98 Å². The van der Waals surface area contributed by atoms with Gasteiger partial charge in [0, 0.05) is 13.1 Å². The molecule has 1 N–H and O–H groups in total. The van der Waals surface area contributed by atoms with E-state index in [1.54, 1.807) is 4.90 Å². The van der Waals surface area contributed by atoms with Crippen LogP contribution in [0.15, 0.2) is 12.1 Å². The number of anilines is 1. The highest BCUT2D eigenvalue weighted by atomic mass is 19.4. The Labute approximate surface area is 101 Å². The molecule has 1 fully saturated rings. The molecule has 18 heavy (non-hydrogen) atoms. The first-order valence-electron chi connectivity index (χ1n) is 5.46. The molecule has 0 aliphatic carbocycles. The number of rotatable bonds is 2. The largest absolute Gasteiger partial charge is 0.478 e. The fraction of sp³-hybridized carbons (Fsp3) is 0.455. The first-order valence-corrected chi connectivity index (χ1v) is 5.46. The maximum atomic E-state index is 12.6. The van der Waals surface area contributed by atoms with Crippen LogP contribution in [0.5, 0.6) is 0 Å². The predicted octanol–water partition coefficient (Wildman–Crippen LogP) is 2.40. The zero-order chi connectivity index (χ0) is 13.3. The number of hydrogen-bond donors (Lipinski definition) is 1. The van der Waals surface area contributed by atoms with E-state index < -0.39 is 17.8 Å². The van der Waals surface area contributed by atoms with Gasteiger partial charge < -0.3 is 10.0 Å². The van der Waals surface area contributed by atoms with Gasteiger partial charge in [-0.15, -0.1) is 0 Å². The molecule has 7 heteroatoms. The van der Waals surface area contributed by atoms with E-state index in [1.165, 1.54) is 0 Å². The number of nitrogens with zero attached hydrogens (tertiary/aromatic N) is 2. The smallest absolute Gasteiger partial charge is 0.433 e. The molecule has 0 radical (unpaired) electrons. The first-order chi connectivity index (χ1) is 8.39. The summed E-state index contributed by atoms with van der Waals surface area (Å²) in [5.74, 6) is -1.35. The minimum atomic E-state index is -4.56. The normalized spacial score (nSPS) is 16.1. The van der Waals surface area contributed by atoms with Gasteiger partial charge >= 0.3 is 12.1 Å². The summed E-state index contributed by atoms with van der Waals surface area (Å²) in [5, 5.41) is 8.97. The molecule has 1 saturated heterocycles. The highest BCUT2D eigenvalue weighted by molar-refractivity contribution is 5.93. The fourth-order valence-electron chi connectivity index (χ4n) is 1.94. The molecule has 0 spiro atoms.